The first-order chi connectivity index (χ1) is 16.3. The fourth-order valence-corrected chi connectivity index (χ4v) is 3.88. The number of amides is 5. The molecule has 1 aromatic carbocycles. The quantitative estimate of drug-likeness (QED) is 0.347. The maximum atomic E-state index is 13.3. The van der Waals surface area contributed by atoms with E-state index in [2.05, 4.69) is 10.7 Å². The van der Waals surface area contributed by atoms with Crippen LogP contribution in [-0.4, -0.2) is 86.4 Å². The Morgan fingerprint density at radius 2 is 1.91 bits per heavy atom. The van der Waals surface area contributed by atoms with E-state index in [1.165, 1.54) is 6.07 Å². The fourth-order valence-electron chi connectivity index (χ4n) is 3.88. The number of hydrazine groups is 2. The van der Waals surface area contributed by atoms with Crippen LogP contribution in [0.1, 0.15) is 41.6 Å². The molecule has 2 unspecified atom stereocenters. The minimum absolute atomic E-state index is 0.117. The predicted octanol–water partition coefficient (Wildman–Crippen LogP) is -0.984. The van der Waals surface area contributed by atoms with Crippen LogP contribution < -0.4 is 10.7 Å². The van der Waals surface area contributed by atoms with Gasteiger partial charge in [-0.1, -0.05) is 18.2 Å². The van der Waals surface area contributed by atoms with E-state index in [-0.39, 0.29) is 37.8 Å². The van der Waals surface area contributed by atoms with Gasteiger partial charge < -0.3 is 20.3 Å². The SMILES string of the molecule is O=CC(CC(=O)O)NC(=O)C1CCCN2C(=O)CCN(NC(=O)c3ccccc3CO)C(=O)N12. The lowest BCUT2D eigenvalue weighted by molar-refractivity contribution is -0.155. The molecule has 3 rings (SSSR count). The highest BCUT2D eigenvalue weighted by Gasteiger charge is 2.44. The molecule has 0 radical (unpaired) electrons. The van der Waals surface area contributed by atoms with Crippen molar-refractivity contribution in [2.45, 2.75) is 44.4 Å². The van der Waals surface area contributed by atoms with E-state index in [9.17, 15) is 33.9 Å². The molecule has 2 saturated heterocycles. The largest absolute Gasteiger partial charge is 0.481 e. The third-order valence-corrected chi connectivity index (χ3v) is 5.52. The summed E-state index contributed by atoms with van der Waals surface area (Å²) >= 11 is 0. The van der Waals surface area contributed by atoms with Crippen LogP contribution >= 0.6 is 0 Å². The van der Waals surface area contributed by atoms with Crippen molar-refractivity contribution in [1.82, 2.24) is 25.8 Å². The summed E-state index contributed by atoms with van der Waals surface area (Å²) in [5.74, 6) is -3.20. The Kier molecular flexibility index (Phi) is 7.79. The molecule has 2 aliphatic heterocycles. The van der Waals surface area contributed by atoms with Gasteiger partial charge in [-0.15, -0.1) is 0 Å². The van der Waals surface area contributed by atoms with Gasteiger partial charge in [0.05, 0.1) is 25.6 Å². The average Bonchev–Trinajstić information content (AvgIpc) is 2.95. The smallest absolute Gasteiger partial charge is 0.358 e. The number of hydrogen-bond donors (Lipinski definition) is 4. The number of aldehydes is 1. The number of aliphatic carboxylic acids is 1. The molecule has 4 N–H and O–H groups in total. The van der Waals surface area contributed by atoms with Crippen LogP contribution in [0.5, 0.6) is 0 Å². The zero-order valence-electron chi connectivity index (χ0n) is 18.2. The number of urea groups is 1. The van der Waals surface area contributed by atoms with Crippen LogP contribution in [0.2, 0.25) is 0 Å². The number of aliphatic hydroxyl groups is 1. The van der Waals surface area contributed by atoms with E-state index in [0.29, 0.717) is 12.0 Å². The minimum atomic E-state index is -1.30. The van der Waals surface area contributed by atoms with Crippen LogP contribution in [0.4, 0.5) is 4.79 Å². The zero-order chi connectivity index (χ0) is 24.8. The van der Waals surface area contributed by atoms with Crippen LogP contribution in [0, 0.1) is 0 Å². The standard InChI is InChI=1S/C21H25N5O8/c27-11-13-4-1-2-5-15(13)19(32)23-24-9-7-17(29)25-8-3-6-16(26(25)21(24)34)20(33)22-14(12-28)10-18(30)31/h1-2,4-5,12,14,16,27H,3,6-11H2,(H,22,33)(H,23,32)(H,30,31). The first-order valence-electron chi connectivity index (χ1n) is 10.6. The summed E-state index contributed by atoms with van der Waals surface area (Å²) < 4.78 is 0. The number of rotatable bonds is 8. The van der Waals surface area contributed by atoms with Gasteiger partial charge in [-0.05, 0) is 24.5 Å². The predicted molar refractivity (Wildman–Crippen MR) is 113 cm³/mol. The lowest BCUT2D eigenvalue weighted by atomic mass is 10.1. The summed E-state index contributed by atoms with van der Waals surface area (Å²) in [5.41, 5.74) is 2.92. The Bertz CT molecular complexity index is 999. The van der Waals surface area contributed by atoms with Crippen molar-refractivity contribution >= 4 is 36.0 Å². The van der Waals surface area contributed by atoms with Gasteiger partial charge in [-0.3, -0.25) is 24.6 Å². The second-order valence-electron chi connectivity index (χ2n) is 7.81. The number of nitrogens with zero attached hydrogens (tertiary/aromatic N) is 3. The highest BCUT2D eigenvalue weighted by Crippen LogP contribution is 2.24. The summed E-state index contributed by atoms with van der Waals surface area (Å²) in [6, 6.07) is 2.93. The molecule has 2 fully saturated rings. The van der Waals surface area contributed by atoms with Crippen LogP contribution in [0.3, 0.4) is 0 Å². The molecule has 5 amide bonds. The Morgan fingerprint density at radius 1 is 1.18 bits per heavy atom. The number of carbonyl (C=O) groups excluding carboxylic acids is 5. The molecule has 0 aliphatic carbocycles. The second-order valence-corrected chi connectivity index (χ2v) is 7.81. The van der Waals surface area contributed by atoms with Crippen molar-refractivity contribution in [2.75, 3.05) is 13.1 Å². The Hall–Kier alpha value is -4.00. The molecular weight excluding hydrogens is 450 g/mol. The molecule has 0 spiro atoms. The molecule has 2 atom stereocenters. The number of carboxylic acids is 1. The molecule has 0 bridgehead atoms. The van der Waals surface area contributed by atoms with Gasteiger partial charge in [-0.25, -0.2) is 19.8 Å². The summed E-state index contributed by atoms with van der Waals surface area (Å²) in [5, 5.41) is 23.7. The normalized spacial score (nSPS) is 19.1. The maximum absolute atomic E-state index is 13.3. The van der Waals surface area contributed by atoms with Gasteiger partial charge in [0, 0.05) is 18.5 Å². The lowest BCUT2D eigenvalue weighted by Crippen LogP contribution is -2.64. The Balaban J connectivity index is 1.83. The molecule has 182 valence electrons. The number of aliphatic hydroxyl groups excluding tert-OH is 1. The van der Waals surface area contributed by atoms with Crippen molar-refractivity contribution in [3.05, 3.63) is 35.4 Å². The summed E-state index contributed by atoms with van der Waals surface area (Å²) in [4.78, 5) is 73.8. The van der Waals surface area contributed by atoms with E-state index in [4.69, 9.17) is 5.11 Å². The molecular formula is C21H25N5O8. The maximum Gasteiger partial charge on any atom is 0.358 e. The average molecular weight is 475 g/mol. The fraction of sp³-hybridized carbons (Fsp3) is 0.429. The van der Waals surface area contributed by atoms with E-state index in [1.54, 1.807) is 18.2 Å². The van der Waals surface area contributed by atoms with Crippen molar-refractivity contribution in [2.24, 2.45) is 0 Å². The van der Waals surface area contributed by atoms with Crippen LogP contribution in [0.15, 0.2) is 24.3 Å². The molecule has 2 aliphatic rings. The van der Waals surface area contributed by atoms with Gasteiger partial charge in [0.15, 0.2) is 0 Å². The van der Waals surface area contributed by atoms with Gasteiger partial charge in [0.25, 0.3) is 5.91 Å². The van der Waals surface area contributed by atoms with Crippen molar-refractivity contribution in [3.8, 4) is 0 Å². The van der Waals surface area contributed by atoms with E-state index in [1.807, 2.05) is 0 Å². The highest BCUT2D eigenvalue weighted by atomic mass is 16.4. The van der Waals surface area contributed by atoms with Gasteiger partial charge in [-0.2, -0.15) is 0 Å². The van der Waals surface area contributed by atoms with Gasteiger partial charge in [0.2, 0.25) is 11.8 Å². The molecule has 0 saturated carbocycles. The number of carboxylic acid groups (broad SMARTS) is 1. The molecule has 1 aromatic rings. The summed E-state index contributed by atoms with van der Waals surface area (Å²) in [7, 11) is 0. The van der Waals surface area contributed by atoms with Crippen molar-refractivity contribution in [3.63, 3.8) is 0 Å². The van der Waals surface area contributed by atoms with Crippen LogP contribution in [-0.2, 0) is 25.8 Å². The topological polar surface area (TPSA) is 177 Å². The third kappa shape index (κ3) is 5.31. The summed E-state index contributed by atoms with van der Waals surface area (Å²) in [6.07, 6.45) is 0.0935. The van der Waals surface area contributed by atoms with Gasteiger partial charge >= 0.3 is 12.0 Å². The number of nitrogens with one attached hydrogen (secondary N) is 2. The lowest BCUT2D eigenvalue weighted by Gasteiger charge is -2.42. The monoisotopic (exact) mass is 475 g/mol. The molecule has 2 heterocycles. The number of benzene rings is 1. The van der Waals surface area contributed by atoms with E-state index < -0.39 is 54.8 Å². The number of carbonyl (C=O) groups is 6. The first-order valence-corrected chi connectivity index (χ1v) is 10.6. The van der Waals surface area contributed by atoms with E-state index >= 15 is 0 Å². The Labute approximate surface area is 194 Å². The number of fused-ring (bicyclic) bond motifs is 1. The number of hydrogen-bond acceptors (Lipinski definition) is 7. The summed E-state index contributed by atoms with van der Waals surface area (Å²) in [6.45, 7) is -0.371. The minimum Gasteiger partial charge on any atom is -0.481 e. The Morgan fingerprint density at radius 3 is 2.59 bits per heavy atom. The van der Waals surface area contributed by atoms with E-state index in [0.717, 1.165) is 15.0 Å². The molecule has 13 heteroatoms. The second kappa shape index (κ2) is 10.7. The van der Waals surface area contributed by atoms with Gasteiger partial charge in [0.1, 0.15) is 12.3 Å². The van der Waals surface area contributed by atoms with Crippen molar-refractivity contribution in [1.29, 1.82) is 0 Å². The first kappa shape index (κ1) is 24.6. The molecule has 0 aromatic heterocycles. The third-order valence-electron chi connectivity index (χ3n) is 5.52. The highest BCUT2D eigenvalue weighted by molar-refractivity contribution is 5.98. The zero-order valence-corrected chi connectivity index (χ0v) is 18.2. The molecule has 34 heavy (non-hydrogen) atoms. The molecule has 13 nitrogen and oxygen atoms in total. The van der Waals surface area contributed by atoms with Crippen molar-refractivity contribution < 1.29 is 39.0 Å². The van der Waals surface area contributed by atoms with Crippen LogP contribution in [0.25, 0.3) is 0 Å².